The molecule has 4 heteroatoms. The monoisotopic (exact) mass is 349 g/mol. The van der Waals surface area contributed by atoms with Crippen molar-refractivity contribution in [2.24, 2.45) is 5.92 Å². The molecule has 0 amide bonds. The van der Waals surface area contributed by atoms with Crippen molar-refractivity contribution in [2.45, 2.75) is 70.1 Å². The fourth-order valence-electron chi connectivity index (χ4n) is 4.80. The van der Waals surface area contributed by atoms with Gasteiger partial charge < -0.3 is 15.0 Å². The standard InChI is InChI=1S/C21H39N3O/c1-3-4-13-23-14-15-24(18(2)16-23)17-19-5-7-20(8-6-19)25-21-9-11-22-12-10-21/h3,18-22H,1,4-17H2,2H3. The smallest absolute Gasteiger partial charge is 0.0603 e. The highest BCUT2D eigenvalue weighted by molar-refractivity contribution is 4.84. The highest BCUT2D eigenvalue weighted by Gasteiger charge is 2.29. The van der Waals surface area contributed by atoms with Crippen molar-refractivity contribution in [3.8, 4) is 0 Å². The van der Waals surface area contributed by atoms with Gasteiger partial charge in [0.1, 0.15) is 0 Å². The molecule has 1 N–H and O–H groups in total. The average molecular weight is 350 g/mol. The number of piperazine rings is 1. The summed E-state index contributed by atoms with van der Waals surface area (Å²) in [5, 5.41) is 3.43. The van der Waals surface area contributed by atoms with Gasteiger partial charge in [0.25, 0.3) is 0 Å². The third kappa shape index (κ3) is 6.06. The summed E-state index contributed by atoms with van der Waals surface area (Å²) in [6, 6.07) is 0.697. The van der Waals surface area contributed by atoms with Crippen molar-refractivity contribution in [3.05, 3.63) is 12.7 Å². The Kier molecular flexibility index (Phi) is 7.78. The lowest BCUT2D eigenvalue weighted by atomic mass is 9.86. The van der Waals surface area contributed by atoms with Gasteiger partial charge in [-0.25, -0.2) is 0 Å². The van der Waals surface area contributed by atoms with Crippen LogP contribution in [0.15, 0.2) is 12.7 Å². The van der Waals surface area contributed by atoms with Crippen molar-refractivity contribution in [3.63, 3.8) is 0 Å². The van der Waals surface area contributed by atoms with Gasteiger partial charge >= 0.3 is 0 Å². The summed E-state index contributed by atoms with van der Waals surface area (Å²) < 4.78 is 6.37. The maximum Gasteiger partial charge on any atom is 0.0603 e. The van der Waals surface area contributed by atoms with Crippen LogP contribution in [0.5, 0.6) is 0 Å². The van der Waals surface area contributed by atoms with Crippen LogP contribution < -0.4 is 5.32 Å². The molecule has 4 nitrogen and oxygen atoms in total. The zero-order valence-electron chi connectivity index (χ0n) is 16.3. The van der Waals surface area contributed by atoms with Crippen LogP contribution in [0, 0.1) is 5.92 Å². The molecule has 3 aliphatic rings. The Morgan fingerprint density at radius 1 is 1.04 bits per heavy atom. The molecule has 2 heterocycles. The Bertz CT molecular complexity index is 389. The van der Waals surface area contributed by atoms with Gasteiger partial charge in [0, 0.05) is 38.8 Å². The lowest BCUT2D eigenvalue weighted by Gasteiger charge is -2.42. The zero-order valence-corrected chi connectivity index (χ0v) is 16.3. The SMILES string of the molecule is C=CCCN1CCN(CC2CCC(OC3CCNCC3)CC2)C(C)C1. The second kappa shape index (κ2) is 10.1. The maximum atomic E-state index is 6.37. The molecular formula is C21H39N3O. The summed E-state index contributed by atoms with van der Waals surface area (Å²) in [5.74, 6) is 0.884. The molecule has 0 radical (unpaired) electrons. The second-order valence-corrected chi connectivity index (χ2v) is 8.45. The number of nitrogens with one attached hydrogen (secondary N) is 1. The minimum atomic E-state index is 0.520. The first-order chi connectivity index (χ1) is 12.2. The van der Waals surface area contributed by atoms with E-state index in [0.29, 0.717) is 18.2 Å². The summed E-state index contributed by atoms with van der Waals surface area (Å²) in [6.07, 6.45) is 11.9. The lowest BCUT2D eigenvalue weighted by molar-refractivity contribution is -0.0513. The molecule has 1 aliphatic carbocycles. The van der Waals surface area contributed by atoms with Gasteiger partial charge in [-0.1, -0.05) is 6.08 Å². The number of hydrogen-bond acceptors (Lipinski definition) is 4. The Balaban J connectivity index is 1.34. The second-order valence-electron chi connectivity index (χ2n) is 8.45. The van der Waals surface area contributed by atoms with E-state index in [-0.39, 0.29) is 0 Å². The molecule has 3 rings (SSSR count). The van der Waals surface area contributed by atoms with Crippen LogP contribution in [-0.2, 0) is 4.74 Å². The van der Waals surface area contributed by atoms with E-state index in [4.69, 9.17) is 4.74 Å². The van der Waals surface area contributed by atoms with Crippen LogP contribution in [-0.4, -0.2) is 73.9 Å². The molecule has 0 spiro atoms. The Labute approximate surface area is 155 Å². The molecule has 1 unspecified atom stereocenters. The fraction of sp³-hybridized carbons (Fsp3) is 0.905. The molecule has 0 aromatic rings. The quantitative estimate of drug-likeness (QED) is 0.715. The maximum absolute atomic E-state index is 6.37. The highest BCUT2D eigenvalue weighted by atomic mass is 16.5. The molecule has 1 saturated carbocycles. The van der Waals surface area contributed by atoms with E-state index >= 15 is 0 Å². The molecule has 1 atom stereocenters. The summed E-state index contributed by atoms with van der Waals surface area (Å²) in [5.41, 5.74) is 0. The van der Waals surface area contributed by atoms with E-state index in [1.165, 1.54) is 71.2 Å². The molecule has 2 saturated heterocycles. The van der Waals surface area contributed by atoms with Crippen LogP contribution in [0.3, 0.4) is 0 Å². The number of hydrogen-bond donors (Lipinski definition) is 1. The summed E-state index contributed by atoms with van der Waals surface area (Å²) >= 11 is 0. The van der Waals surface area contributed by atoms with E-state index in [9.17, 15) is 0 Å². The average Bonchev–Trinajstić information content (AvgIpc) is 2.64. The Morgan fingerprint density at radius 2 is 1.76 bits per heavy atom. The van der Waals surface area contributed by atoms with Crippen molar-refractivity contribution in [1.82, 2.24) is 15.1 Å². The lowest BCUT2D eigenvalue weighted by Crippen LogP contribution is -2.53. The molecule has 144 valence electrons. The molecule has 0 aromatic heterocycles. The first-order valence-electron chi connectivity index (χ1n) is 10.7. The zero-order chi connectivity index (χ0) is 17.5. The third-order valence-corrected chi connectivity index (χ3v) is 6.46. The van der Waals surface area contributed by atoms with Crippen LogP contribution >= 0.6 is 0 Å². The number of nitrogens with zero attached hydrogens (tertiary/aromatic N) is 2. The third-order valence-electron chi connectivity index (χ3n) is 6.46. The molecule has 0 aromatic carbocycles. The number of ether oxygens (including phenoxy) is 1. The van der Waals surface area contributed by atoms with Crippen molar-refractivity contribution in [1.29, 1.82) is 0 Å². The van der Waals surface area contributed by atoms with Gasteiger partial charge in [0.2, 0.25) is 0 Å². The summed E-state index contributed by atoms with van der Waals surface area (Å²) in [4.78, 5) is 5.34. The molecule has 3 fully saturated rings. The van der Waals surface area contributed by atoms with Crippen molar-refractivity contribution >= 4 is 0 Å². The van der Waals surface area contributed by atoms with Gasteiger partial charge in [-0.2, -0.15) is 0 Å². The van der Waals surface area contributed by atoms with Crippen LogP contribution in [0.2, 0.25) is 0 Å². The predicted molar refractivity (Wildman–Crippen MR) is 105 cm³/mol. The Hall–Kier alpha value is -0.420. The van der Waals surface area contributed by atoms with Gasteiger partial charge in [0.05, 0.1) is 12.2 Å². The minimum Gasteiger partial charge on any atom is -0.375 e. The highest BCUT2D eigenvalue weighted by Crippen LogP contribution is 2.29. The molecule has 25 heavy (non-hydrogen) atoms. The van der Waals surface area contributed by atoms with Crippen LogP contribution in [0.1, 0.15) is 51.9 Å². The van der Waals surface area contributed by atoms with Crippen molar-refractivity contribution < 1.29 is 4.74 Å². The number of piperidine rings is 1. The van der Waals surface area contributed by atoms with Gasteiger partial charge in [-0.05, 0) is 70.9 Å². The molecule has 0 bridgehead atoms. The van der Waals surface area contributed by atoms with Gasteiger partial charge in [0.15, 0.2) is 0 Å². The van der Waals surface area contributed by atoms with Crippen molar-refractivity contribution in [2.75, 3.05) is 45.8 Å². The summed E-state index contributed by atoms with van der Waals surface area (Å²) in [7, 11) is 0. The Morgan fingerprint density at radius 3 is 2.44 bits per heavy atom. The van der Waals surface area contributed by atoms with Gasteiger partial charge in [-0.3, -0.25) is 4.90 Å². The number of rotatable bonds is 7. The van der Waals surface area contributed by atoms with Crippen LogP contribution in [0.4, 0.5) is 0 Å². The molecular weight excluding hydrogens is 310 g/mol. The normalized spacial score (nSPS) is 33.4. The summed E-state index contributed by atoms with van der Waals surface area (Å²) in [6.45, 7) is 14.7. The van der Waals surface area contributed by atoms with E-state index < -0.39 is 0 Å². The van der Waals surface area contributed by atoms with E-state index in [1.807, 2.05) is 6.08 Å². The first-order valence-corrected chi connectivity index (χ1v) is 10.7. The molecule has 2 aliphatic heterocycles. The largest absolute Gasteiger partial charge is 0.375 e. The van der Waals surface area contributed by atoms with E-state index in [0.717, 1.165) is 25.4 Å². The minimum absolute atomic E-state index is 0.520. The topological polar surface area (TPSA) is 27.7 Å². The van der Waals surface area contributed by atoms with Gasteiger partial charge in [-0.15, -0.1) is 6.58 Å². The first kappa shape index (κ1) is 19.3. The van der Waals surface area contributed by atoms with E-state index in [2.05, 4.69) is 28.6 Å². The van der Waals surface area contributed by atoms with Crippen LogP contribution in [0.25, 0.3) is 0 Å². The fourth-order valence-corrected chi connectivity index (χ4v) is 4.80. The predicted octanol–water partition coefficient (Wildman–Crippen LogP) is 2.90. The van der Waals surface area contributed by atoms with E-state index in [1.54, 1.807) is 0 Å².